The average molecular weight is 492 g/mol. The van der Waals surface area contributed by atoms with Crippen molar-refractivity contribution in [3.63, 3.8) is 0 Å². The standard InChI is InChI=1S/C27H26FN3O3S/c1-3-34-22-10-6-19(7-11-22)16-31-24(32)23-14-20-12-13-35-25(20)30(23)17-27(31,2)26(33)29-15-18-4-8-21(28)9-5-18/h4-14H,3,15-17H2,1-2H3,(H,29,33)/t27-/m0/s1. The molecule has 180 valence electrons. The zero-order chi connectivity index (χ0) is 24.6. The molecule has 3 heterocycles. The molecule has 8 heteroatoms. The molecular formula is C27H26FN3O3S. The second kappa shape index (κ2) is 9.19. The van der Waals surface area contributed by atoms with Crippen LogP contribution in [0, 0.1) is 5.82 Å². The Morgan fingerprint density at radius 3 is 2.54 bits per heavy atom. The zero-order valence-corrected chi connectivity index (χ0v) is 20.4. The Morgan fingerprint density at radius 2 is 1.83 bits per heavy atom. The largest absolute Gasteiger partial charge is 0.494 e. The maximum absolute atomic E-state index is 13.8. The van der Waals surface area contributed by atoms with Gasteiger partial charge in [-0.25, -0.2) is 4.39 Å². The smallest absolute Gasteiger partial charge is 0.271 e. The molecule has 2 aromatic carbocycles. The van der Waals surface area contributed by atoms with Crippen LogP contribution in [0.5, 0.6) is 5.75 Å². The zero-order valence-electron chi connectivity index (χ0n) is 19.6. The molecule has 0 saturated heterocycles. The first-order valence-electron chi connectivity index (χ1n) is 11.5. The number of amides is 2. The van der Waals surface area contributed by atoms with E-state index in [-0.39, 0.29) is 30.7 Å². The van der Waals surface area contributed by atoms with E-state index in [1.807, 2.05) is 60.2 Å². The fraction of sp³-hybridized carbons (Fsp3) is 0.259. The normalized spacial score (nSPS) is 17.5. The Balaban J connectivity index is 1.47. The summed E-state index contributed by atoms with van der Waals surface area (Å²) in [7, 11) is 0. The summed E-state index contributed by atoms with van der Waals surface area (Å²) in [5.41, 5.74) is 1.15. The van der Waals surface area contributed by atoms with E-state index in [4.69, 9.17) is 4.74 Å². The van der Waals surface area contributed by atoms with E-state index >= 15 is 0 Å². The van der Waals surface area contributed by atoms with E-state index in [1.54, 1.807) is 28.4 Å². The third kappa shape index (κ3) is 4.30. The Kier molecular flexibility index (Phi) is 6.06. The molecule has 4 aromatic rings. The number of aromatic nitrogens is 1. The first kappa shape index (κ1) is 23.1. The van der Waals surface area contributed by atoms with Gasteiger partial charge in [0.15, 0.2) is 0 Å². The van der Waals surface area contributed by atoms with Gasteiger partial charge >= 0.3 is 0 Å². The molecule has 1 aliphatic rings. The van der Waals surface area contributed by atoms with Crippen LogP contribution >= 0.6 is 11.3 Å². The number of nitrogens with zero attached hydrogens (tertiary/aromatic N) is 2. The Hall–Kier alpha value is -3.65. The van der Waals surface area contributed by atoms with Gasteiger partial charge in [-0.1, -0.05) is 24.3 Å². The van der Waals surface area contributed by atoms with Gasteiger partial charge in [-0.15, -0.1) is 11.3 Å². The molecule has 6 nitrogen and oxygen atoms in total. The van der Waals surface area contributed by atoms with Gasteiger partial charge in [-0.2, -0.15) is 0 Å². The molecular weight excluding hydrogens is 465 g/mol. The van der Waals surface area contributed by atoms with Gasteiger partial charge in [0.05, 0.1) is 13.2 Å². The number of rotatable bonds is 7. The van der Waals surface area contributed by atoms with Crippen molar-refractivity contribution in [1.29, 1.82) is 0 Å². The predicted molar refractivity (Wildman–Crippen MR) is 134 cm³/mol. The monoisotopic (exact) mass is 491 g/mol. The molecule has 35 heavy (non-hydrogen) atoms. The highest BCUT2D eigenvalue weighted by Gasteiger charge is 2.47. The van der Waals surface area contributed by atoms with E-state index < -0.39 is 5.54 Å². The topological polar surface area (TPSA) is 63.6 Å². The van der Waals surface area contributed by atoms with Gasteiger partial charge in [-0.05, 0) is 66.8 Å². The Labute approximate surface area is 206 Å². The second-order valence-electron chi connectivity index (χ2n) is 8.85. The van der Waals surface area contributed by atoms with Crippen molar-refractivity contribution in [2.75, 3.05) is 6.61 Å². The van der Waals surface area contributed by atoms with E-state index in [0.717, 1.165) is 27.1 Å². The van der Waals surface area contributed by atoms with Crippen LogP contribution in [0.3, 0.4) is 0 Å². The van der Waals surface area contributed by atoms with Crippen LogP contribution in [-0.2, 0) is 24.4 Å². The summed E-state index contributed by atoms with van der Waals surface area (Å²) >= 11 is 1.56. The number of hydrogen-bond donors (Lipinski definition) is 1. The summed E-state index contributed by atoms with van der Waals surface area (Å²) in [4.78, 5) is 30.0. The van der Waals surface area contributed by atoms with Crippen LogP contribution in [0.4, 0.5) is 4.39 Å². The van der Waals surface area contributed by atoms with Crippen LogP contribution < -0.4 is 10.1 Å². The molecule has 1 aliphatic heterocycles. The summed E-state index contributed by atoms with van der Waals surface area (Å²) in [6.07, 6.45) is 0. The van der Waals surface area contributed by atoms with E-state index in [2.05, 4.69) is 5.32 Å². The number of hydrogen-bond acceptors (Lipinski definition) is 4. The van der Waals surface area contributed by atoms with Crippen molar-refractivity contribution < 1.29 is 18.7 Å². The molecule has 0 bridgehead atoms. The van der Waals surface area contributed by atoms with Crippen LogP contribution in [0.25, 0.3) is 10.2 Å². The Morgan fingerprint density at radius 1 is 1.11 bits per heavy atom. The number of carbonyl (C=O) groups excluding carboxylic acids is 2. The van der Waals surface area contributed by atoms with Gasteiger partial charge in [0.1, 0.15) is 27.6 Å². The lowest BCUT2D eigenvalue weighted by atomic mass is 9.93. The highest BCUT2D eigenvalue weighted by molar-refractivity contribution is 7.16. The summed E-state index contributed by atoms with van der Waals surface area (Å²) in [6, 6.07) is 17.5. The fourth-order valence-corrected chi connectivity index (χ4v) is 5.42. The number of benzene rings is 2. The minimum atomic E-state index is -1.13. The number of thiophene rings is 1. The molecule has 2 amide bonds. The van der Waals surface area contributed by atoms with Gasteiger partial charge in [-0.3, -0.25) is 9.59 Å². The van der Waals surface area contributed by atoms with Crippen molar-refractivity contribution in [2.24, 2.45) is 0 Å². The summed E-state index contributed by atoms with van der Waals surface area (Å²) in [5.74, 6) is -0.0141. The summed E-state index contributed by atoms with van der Waals surface area (Å²) in [6.45, 7) is 5.17. The SMILES string of the molecule is CCOc1ccc(CN2C(=O)c3cc4ccsc4n3C[C@@]2(C)C(=O)NCc2ccc(F)cc2)cc1. The molecule has 0 aliphatic carbocycles. The fourth-order valence-electron chi connectivity index (χ4n) is 4.52. The molecule has 0 radical (unpaired) electrons. The lowest BCUT2D eigenvalue weighted by Crippen LogP contribution is -2.63. The van der Waals surface area contributed by atoms with Crippen molar-refractivity contribution >= 4 is 33.4 Å². The number of carbonyl (C=O) groups is 2. The van der Waals surface area contributed by atoms with E-state index in [9.17, 15) is 14.0 Å². The minimum absolute atomic E-state index is 0.187. The molecule has 1 atom stereocenters. The molecule has 0 fully saturated rings. The minimum Gasteiger partial charge on any atom is -0.494 e. The molecule has 2 aromatic heterocycles. The highest BCUT2D eigenvalue weighted by atomic mass is 32.1. The molecule has 0 spiro atoms. The third-order valence-corrected chi connectivity index (χ3v) is 7.41. The number of fused-ring (bicyclic) bond motifs is 3. The molecule has 0 saturated carbocycles. The molecule has 5 rings (SSSR count). The lowest BCUT2D eigenvalue weighted by Gasteiger charge is -2.44. The quantitative estimate of drug-likeness (QED) is 0.397. The van der Waals surface area contributed by atoms with Crippen molar-refractivity contribution in [1.82, 2.24) is 14.8 Å². The van der Waals surface area contributed by atoms with Crippen LogP contribution in [-0.4, -0.2) is 33.4 Å². The number of nitrogens with one attached hydrogen (secondary N) is 1. The van der Waals surface area contributed by atoms with E-state index in [0.29, 0.717) is 18.8 Å². The second-order valence-corrected chi connectivity index (χ2v) is 9.74. The maximum atomic E-state index is 13.8. The first-order valence-corrected chi connectivity index (χ1v) is 12.4. The van der Waals surface area contributed by atoms with Crippen LogP contribution in [0.1, 0.15) is 35.5 Å². The van der Waals surface area contributed by atoms with E-state index in [1.165, 1.54) is 12.1 Å². The van der Waals surface area contributed by atoms with Gasteiger partial charge in [0.2, 0.25) is 5.91 Å². The lowest BCUT2D eigenvalue weighted by molar-refractivity contribution is -0.133. The molecule has 1 N–H and O–H groups in total. The number of ether oxygens (including phenoxy) is 1. The summed E-state index contributed by atoms with van der Waals surface area (Å²) in [5, 5.41) is 5.95. The maximum Gasteiger partial charge on any atom is 0.271 e. The van der Waals surface area contributed by atoms with Crippen molar-refractivity contribution in [2.45, 2.75) is 39.0 Å². The van der Waals surface area contributed by atoms with Gasteiger partial charge in [0, 0.05) is 18.5 Å². The average Bonchev–Trinajstić information content (AvgIpc) is 3.45. The van der Waals surface area contributed by atoms with Crippen LogP contribution in [0.15, 0.2) is 66.0 Å². The Bertz CT molecular complexity index is 1380. The van der Waals surface area contributed by atoms with Crippen molar-refractivity contribution in [3.8, 4) is 5.75 Å². The first-order chi connectivity index (χ1) is 16.9. The number of halogens is 1. The third-order valence-electron chi connectivity index (χ3n) is 6.46. The van der Waals surface area contributed by atoms with Crippen LogP contribution in [0.2, 0.25) is 0 Å². The van der Waals surface area contributed by atoms with Crippen molar-refractivity contribution in [3.05, 3.63) is 88.7 Å². The van der Waals surface area contributed by atoms with Gasteiger partial charge in [0.25, 0.3) is 5.91 Å². The van der Waals surface area contributed by atoms with Gasteiger partial charge < -0.3 is 19.5 Å². The summed E-state index contributed by atoms with van der Waals surface area (Å²) < 4.78 is 20.8. The highest BCUT2D eigenvalue weighted by Crippen LogP contribution is 2.35. The predicted octanol–water partition coefficient (Wildman–Crippen LogP) is 4.97. The molecule has 0 unspecified atom stereocenters.